The summed E-state index contributed by atoms with van der Waals surface area (Å²) in [6.45, 7) is 19.9. The van der Waals surface area contributed by atoms with Crippen molar-refractivity contribution >= 4 is 5.97 Å². The summed E-state index contributed by atoms with van der Waals surface area (Å²) >= 11 is 0. The second-order valence-corrected chi connectivity index (χ2v) is 28.0. The molecule has 4 saturated heterocycles. The van der Waals surface area contributed by atoms with Crippen LogP contribution in [-0.4, -0.2) is 108 Å². The molecule has 0 aromatic carbocycles. The van der Waals surface area contributed by atoms with E-state index in [4.69, 9.17) is 33.8 Å². The number of aliphatic hydroxyl groups excluding tert-OH is 4. The summed E-state index contributed by atoms with van der Waals surface area (Å²) in [5.74, 6) is -2.44. The maximum atomic E-state index is 13.0. The molecule has 1 aromatic rings. The molecule has 9 fully saturated rings. The predicted molar refractivity (Wildman–Crippen MR) is 254 cm³/mol. The Bertz CT molecular complexity index is 2530. The molecular formula is C57H81F3N2O11. The third kappa shape index (κ3) is 6.56. The Morgan fingerprint density at radius 1 is 0.808 bits per heavy atom. The highest BCUT2D eigenvalue weighted by atomic mass is 19.4. The Labute approximate surface area is 428 Å². The number of alkyl halides is 3. The van der Waals surface area contributed by atoms with Crippen molar-refractivity contribution in [3.05, 3.63) is 34.4 Å². The molecule has 0 radical (unpaired) electrons. The van der Waals surface area contributed by atoms with Crippen LogP contribution in [0.5, 0.6) is 0 Å². The number of aliphatic hydroxyl groups is 5. The fourth-order valence-corrected chi connectivity index (χ4v) is 20.5. The zero-order chi connectivity index (χ0) is 52.6. The molecule has 23 atom stereocenters. The van der Waals surface area contributed by atoms with Gasteiger partial charge in [0.25, 0.3) is 0 Å². The summed E-state index contributed by atoms with van der Waals surface area (Å²) in [7, 11) is 2.28. The molecule has 1 aromatic heterocycles. The summed E-state index contributed by atoms with van der Waals surface area (Å²) in [6.07, 6.45) is 6.76. The van der Waals surface area contributed by atoms with Crippen LogP contribution < -0.4 is 9.67 Å². The van der Waals surface area contributed by atoms with Crippen LogP contribution in [0.2, 0.25) is 0 Å². The number of carboxylic acid groups (broad SMARTS) is 1. The van der Waals surface area contributed by atoms with Crippen LogP contribution in [-0.2, 0) is 56.5 Å². The van der Waals surface area contributed by atoms with Gasteiger partial charge in [-0.15, -0.1) is 0 Å². The molecule has 2 spiro atoms. The Balaban J connectivity index is 0.000000726. The summed E-state index contributed by atoms with van der Waals surface area (Å²) < 4.78 is 61.2. The van der Waals surface area contributed by atoms with Gasteiger partial charge in [0.15, 0.2) is 11.6 Å². The van der Waals surface area contributed by atoms with Crippen LogP contribution in [0.25, 0.3) is 0 Å². The molecule has 4 aliphatic heterocycles. The Morgan fingerprint density at radius 3 is 2.12 bits per heavy atom. The van der Waals surface area contributed by atoms with Gasteiger partial charge in [0, 0.05) is 66.6 Å². The molecular weight excluding hydrogens is 946 g/mol. The van der Waals surface area contributed by atoms with Gasteiger partial charge in [-0.2, -0.15) is 17.7 Å². The number of carbonyl (C=O) groups excluding carboxylic acids is 1. The first-order valence-corrected chi connectivity index (χ1v) is 27.9. The van der Waals surface area contributed by atoms with Crippen LogP contribution in [0.4, 0.5) is 13.2 Å². The number of aliphatic carboxylic acids is 1. The number of ether oxygens (including phenoxy) is 4. The van der Waals surface area contributed by atoms with E-state index in [2.05, 4.69) is 59.2 Å². The number of hydrogen-bond acceptors (Lipinski definition) is 12. The molecule has 12 aliphatic rings. The average molecular weight is 1030 g/mol. The lowest BCUT2D eigenvalue weighted by Crippen LogP contribution is -2.66. The van der Waals surface area contributed by atoms with Crippen molar-refractivity contribution in [2.24, 2.45) is 87.9 Å². The first kappa shape index (κ1) is 51.5. The van der Waals surface area contributed by atoms with E-state index in [1.54, 1.807) is 0 Å². The first-order chi connectivity index (χ1) is 33.9. The van der Waals surface area contributed by atoms with E-state index in [9.17, 15) is 38.7 Å². The largest absolute Gasteiger partial charge is 0.542 e. The van der Waals surface area contributed by atoms with E-state index in [1.807, 2.05) is 20.8 Å². The van der Waals surface area contributed by atoms with Gasteiger partial charge < -0.3 is 54.4 Å². The van der Waals surface area contributed by atoms with Gasteiger partial charge in [0.05, 0.1) is 42.2 Å². The monoisotopic (exact) mass is 1030 g/mol. The van der Waals surface area contributed by atoms with Crippen molar-refractivity contribution in [3.8, 4) is 0 Å². The lowest BCUT2D eigenvalue weighted by atomic mass is 9.43. The van der Waals surface area contributed by atoms with E-state index in [0.717, 1.165) is 56.9 Å². The number of hydrogen-bond donors (Lipinski definition) is 5. The molecule has 13 nitrogen and oxygen atoms in total. The SMILES string of the molecule is C[C@@H]1[C@@]2(CC[C@@](C)(CO)O2)O[C@H]2C=C3[C@@H]4[C@@H](O)C[C@H]5Cc6c(nc7c([n+]6C)C[C@@]6(C)[C@@H](CC[C@H]8[C@H]9C[C@@H]%10O[C@@]%11(CCC(C)(C)O%11)[C@@H](C)[C@@H]%10[C@@]9(C)[C@H](O)C[C@@H]86)C7)C[C@]5(C)[C@H]4C[C@@H](O)[C@]3(C)[C@]21O.O=C([O-])C(F)(F)F. The molecule has 5 heterocycles. The highest BCUT2D eigenvalue weighted by Gasteiger charge is 2.78. The van der Waals surface area contributed by atoms with Crippen LogP contribution >= 0.6 is 0 Å². The minimum atomic E-state index is -5.19. The molecule has 0 amide bonds. The number of carbonyl (C=O) groups is 1. The molecule has 0 unspecified atom stereocenters. The smallest absolute Gasteiger partial charge is 0.430 e. The maximum Gasteiger partial charge on any atom is 0.430 e. The van der Waals surface area contributed by atoms with Gasteiger partial charge in [-0.3, -0.25) is 0 Å². The third-order valence-electron chi connectivity index (χ3n) is 24.6. The van der Waals surface area contributed by atoms with Crippen molar-refractivity contribution < 1.29 is 72.1 Å². The van der Waals surface area contributed by atoms with E-state index < -0.39 is 64.6 Å². The molecule has 13 rings (SSSR count). The highest BCUT2D eigenvalue weighted by molar-refractivity contribution is 5.70. The molecule has 73 heavy (non-hydrogen) atoms. The Kier molecular flexibility index (Phi) is 11.1. The fourth-order valence-electron chi connectivity index (χ4n) is 20.5. The van der Waals surface area contributed by atoms with Crippen molar-refractivity contribution in [1.29, 1.82) is 0 Å². The van der Waals surface area contributed by atoms with Gasteiger partial charge in [-0.1, -0.05) is 53.2 Å². The average Bonchev–Trinajstić information content (AvgIpc) is 4.09. The zero-order valence-corrected chi connectivity index (χ0v) is 44.6. The van der Waals surface area contributed by atoms with Crippen molar-refractivity contribution in [2.75, 3.05) is 6.61 Å². The lowest BCUT2D eigenvalue weighted by molar-refractivity contribution is -0.690. The number of nitrogens with zero attached hydrogens (tertiary/aromatic N) is 2. The second kappa shape index (κ2) is 15.7. The second-order valence-electron chi connectivity index (χ2n) is 28.0. The van der Waals surface area contributed by atoms with E-state index in [0.29, 0.717) is 55.3 Å². The van der Waals surface area contributed by atoms with E-state index >= 15 is 0 Å². The third-order valence-corrected chi connectivity index (χ3v) is 24.6. The number of rotatable bonds is 1. The highest BCUT2D eigenvalue weighted by Crippen LogP contribution is 2.73. The molecule has 8 aliphatic carbocycles. The van der Waals surface area contributed by atoms with E-state index in [-0.39, 0.29) is 64.3 Å². The number of aromatic nitrogens is 2. The summed E-state index contributed by atoms with van der Waals surface area (Å²) in [6, 6.07) is 0. The molecule has 16 heteroatoms. The predicted octanol–water partition coefficient (Wildman–Crippen LogP) is 5.13. The number of halogens is 3. The summed E-state index contributed by atoms with van der Waals surface area (Å²) in [4.78, 5) is 14.5. The first-order valence-electron chi connectivity index (χ1n) is 27.9. The van der Waals surface area contributed by atoms with Crippen LogP contribution in [0.3, 0.4) is 0 Å². The normalized spacial score (nSPS) is 54.4. The van der Waals surface area contributed by atoms with Crippen molar-refractivity contribution in [3.63, 3.8) is 0 Å². The number of carboxylic acids is 1. The van der Waals surface area contributed by atoms with Gasteiger partial charge in [-0.05, 0) is 125 Å². The topological polar surface area (TPSA) is 195 Å². The van der Waals surface area contributed by atoms with Crippen LogP contribution in [0, 0.1) is 80.8 Å². The van der Waals surface area contributed by atoms with Gasteiger partial charge in [0.1, 0.15) is 36.1 Å². The summed E-state index contributed by atoms with van der Waals surface area (Å²) in [5, 5.41) is 69.4. The van der Waals surface area contributed by atoms with Crippen molar-refractivity contribution in [1.82, 2.24) is 4.98 Å². The molecule has 0 bridgehead atoms. The lowest BCUT2D eigenvalue weighted by Gasteiger charge is -2.62. The van der Waals surface area contributed by atoms with Gasteiger partial charge in [-0.25, -0.2) is 4.98 Å². The Morgan fingerprint density at radius 2 is 1.48 bits per heavy atom. The maximum absolute atomic E-state index is 13.0. The van der Waals surface area contributed by atoms with Crippen LogP contribution in [0.1, 0.15) is 149 Å². The Hall–Kier alpha value is -2.28. The minimum Gasteiger partial charge on any atom is -0.542 e. The van der Waals surface area contributed by atoms with Crippen LogP contribution in [0.15, 0.2) is 11.6 Å². The minimum absolute atomic E-state index is 0.0116. The summed E-state index contributed by atoms with van der Waals surface area (Å²) in [5.41, 5.74) is 2.41. The van der Waals surface area contributed by atoms with Crippen molar-refractivity contribution in [2.45, 2.75) is 217 Å². The fraction of sp³-hybridized carbons (Fsp3) is 0.877. The van der Waals surface area contributed by atoms with Gasteiger partial charge >= 0.3 is 6.18 Å². The quantitative estimate of drug-likeness (QED) is 0.184. The zero-order valence-electron chi connectivity index (χ0n) is 44.6. The standard InChI is InChI=1S/C55H81N2O9.C2HF3O2/c1-27-46-41(63-53(27)15-13-47(3,4)65-53)20-33-31-12-11-29-17-36-39(25-50(29,7)32(31)21-42(60)51(33,46)8)57(10)38-18-30-19-40(59)45-34(49(30,6)24-37(38)56-36)22-43(61)52(9)35(45)23-44-55(52,62)28(2)54(64-44)16-14-48(5,26-58)66-54;3-2(4,5)1(6)7/h23,27-34,40-46,58-62H,11-22,24-26H2,1-10H3;(H,6,7)/q+1;/p-1/t27-,28+,29-,30+,31+,32-,33+,34-,40-,41-,42+,43+,44-,45+,46-,48-,49-,50-,51+,52+,53+,54-,55+;/m0./s1. The molecule has 5 saturated carbocycles. The van der Waals surface area contributed by atoms with E-state index in [1.165, 1.54) is 35.6 Å². The van der Waals surface area contributed by atoms with Gasteiger partial charge in [0.2, 0.25) is 11.4 Å². The number of fused-ring (bicyclic) bond motifs is 16. The molecule has 5 N–H and O–H groups in total. The molecule has 406 valence electrons.